The zero-order valence-electron chi connectivity index (χ0n) is 16.0. The lowest BCUT2D eigenvalue weighted by Gasteiger charge is -2.41. The maximum atomic E-state index is 13.2. The normalized spacial score (nSPS) is 15.6. The summed E-state index contributed by atoms with van der Waals surface area (Å²) in [5.41, 5.74) is -0.0215. The first-order valence-corrected chi connectivity index (χ1v) is 10.0. The average molecular weight is 460 g/mol. The van der Waals surface area contributed by atoms with Crippen molar-refractivity contribution < 1.29 is 14.4 Å². The summed E-state index contributed by atoms with van der Waals surface area (Å²) < 4.78 is 0.694. The van der Waals surface area contributed by atoms with E-state index in [-0.39, 0.29) is 24.2 Å². The van der Waals surface area contributed by atoms with Crippen LogP contribution in [0, 0.1) is 0 Å². The molecule has 2 heterocycles. The van der Waals surface area contributed by atoms with Crippen LogP contribution in [0.1, 0.15) is 29.0 Å². The van der Waals surface area contributed by atoms with Crippen LogP contribution in [0.3, 0.4) is 0 Å². The number of halogens is 1. The van der Waals surface area contributed by atoms with Crippen LogP contribution in [0.2, 0.25) is 0 Å². The predicted octanol–water partition coefficient (Wildman–Crippen LogP) is 1.62. The molecule has 9 heteroatoms. The van der Waals surface area contributed by atoms with Gasteiger partial charge in [-0.1, -0.05) is 30.3 Å². The van der Waals surface area contributed by atoms with E-state index in [4.69, 9.17) is 0 Å². The highest BCUT2D eigenvalue weighted by molar-refractivity contribution is 9.10. The molecule has 1 aliphatic heterocycles. The minimum atomic E-state index is -0.896. The molecule has 1 N–H and O–H groups in total. The number of hydrogen-bond acceptors (Lipinski definition) is 6. The number of carbonyl (C=O) groups is 3. The van der Waals surface area contributed by atoms with E-state index in [9.17, 15) is 14.4 Å². The van der Waals surface area contributed by atoms with E-state index in [1.165, 1.54) is 17.3 Å². The Bertz CT molecular complexity index is 867. The molecule has 1 aromatic heterocycles. The lowest BCUT2D eigenvalue weighted by molar-refractivity contribution is -0.145. The summed E-state index contributed by atoms with van der Waals surface area (Å²) in [4.78, 5) is 48.3. The fourth-order valence-electron chi connectivity index (χ4n) is 3.44. The smallest absolute Gasteiger partial charge is 0.291 e. The molecule has 152 valence electrons. The Balaban J connectivity index is 1.69. The molecule has 1 aromatic carbocycles. The number of likely N-dealkylation sites (tertiary alicyclic amines) is 1. The largest absolute Gasteiger partial charge is 0.336 e. The first kappa shape index (κ1) is 21.1. The van der Waals surface area contributed by atoms with Crippen LogP contribution in [0.4, 0.5) is 0 Å². The number of rotatable bonds is 6. The van der Waals surface area contributed by atoms with Crippen molar-refractivity contribution in [2.45, 2.75) is 24.9 Å². The Kier molecular flexibility index (Phi) is 6.71. The van der Waals surface area contributed by atoms with Crippen molar-refractivity contribution in [2.75, 3.05) is 20.1 Å². The van der Waals surface area contributed by atoms with Gasteiger partial charge >= 0.3 is 0 Å². The number of nitrogens with one attached hydrogen (secondary N) is 1. The molecule has 1 fully saturated rings. The summed E-state index contributed by atoms with van der Waals surface area (Å²) >= 11 is 3.25. The maximum absolute atomic E-state index is 13.2. The lowest BCUT2D eigenvalue weighted by Crippen LogP contribution is -2.61. The molecule has 0 atom stereocenters. The number of aromatic nitrogens is 2. The summed E-state index contributed by atoms with van der Waals surface area (Å²) in [6, 6.07) is 9.36. The quantitative estimate of drug-likeness (QED) is 0.659. The molecule has 8 nitrogen and oxygen atoms in total. The molecule has 0 radical (unpaired) electrons. The molecular weight excluding hydrogens is 438 g/mol. The van der Waals surface area contributed by atoms with Crippen molar-refractivity contribution in [1.82, 2.24) is 25.1 Å². The Morgan fingerprint density at radius 2 is 1.83 bits per heavy atom. The summed E-state index contributed by atoms with van der Waals surface area (Å²) in [6.07, 6.45) is 4.41. The Hall–Kier alpha value is -2.65. The van der Waals surface area contributed by atoms with Crippen LogP contribution in [0.15, 0.2) is 47.2 Å². The van der Waals surface area contributed by atoms with Gasteiger partial charge in [0.25, 0.3) is 5.91 Å². The molecular formula is C20H22BrN5O3. The predicted molar refractivity (Wildman–Crippen MR) is 110 cm³/mol. The first-order valence-electron chi connectivity index (χ1n) is 9.25. The number of hydrogen-bond donors (Lipinski definition) is 1. The van der Waals surface area contributed by atoms with E-state index in [2.05, 4.69) is 31.2 Å². The summed E-state index contributed by atoms with van der Waals surface area (Å²) in [6.45, 7) is 0.938. The minimum absolute atomic E-state index is 0.120. The van der Waals surface area contributed by atoms with Gasteiger partial charge in [0, 0.05) is 25.5 Å². The zero-order chi connectivity index (χ0) is 20.9. The molecule has 1 saturated heterocycles. The molecule has 2 aromatic rings. The van der Waals surface area contributed by atoms with E-state index >= 15 is 0 Å². The molecule has 0 bridgehead atoms. The minimum Gasteiger partial charge on any atom is -0.336 e. The van der Waals surface area contributed by atoms with Crippen molar-refractivity contribution in [3.63, 3.8) is 0 Å². The Morgan fingerprint density at radius 3 is 2.38 bits per heavy atom. The monoisotopic (exact) mass is 459 g/mol. The number of amides is 3. The van der Waals surface area contributed by atoms with Gasteiger partial charge in [-0.25, -0.2) is 9.97 Å². The number of carbonyl (C=O) groups excluding carboxylic acids is 3. The number of nitrogens with zero attached hydrogens (tertiary/aromatic N) is 4. The van der Waals surface area contributed by atoms with Gasteiger partial charge in [-0.15, -0.1) is 0 Å². The lowest BCUT2D eigenvalue weighted by atomic mass is 9.86. The molecule has 29 heavy (non-hydrogen) atoms. The molecule has 0 unspecified atom stereocenters. The van der Waals surface area contributed by atoms with Gasteiger partial charge in [0.2, 0.25) is 18.1 Å². The van der Waals surface area contributed by atoms with Crippen LogP contribution in [0.25, 0.3) is 0 Å². The van der Waals surface area contributed by atoms with Crippen LogP contribution in [-0.4, -0.2) is 63.7 Å². The van der Waals surface area contributed by atoms with Crippen LogP contribution in [0.5, 0.6) is 0 Å². The van der Waals surface area contributed by atoms with Gasteiger partial charge in [0.15, 0.2) is 0 Å². The van der Waals surface area contributed by atoms with Crippen molar-refractivity contribution in [2.24, 2.45) is 0 Å². The van der Waals surface area contributed by atoms with Crippen molar-refractivity contribution >= 4 is 34.2 Å². The molecule has 1 aliphatic rings. The second-order valence-electron chi connectivity index (χ2n) is 6.87. The number of likely N-dealkylation sites (N-methyl/N-ethyl adjacent to an activating group) is 1. The van der Waals surface area contributed by atoms with E-state index in [0.29, 0.717) is 36.8 Å². The van der Waals surface area contributed by atoms with Crippen molar-refractivity contribution in [3.05, 3.63) is 58.6 Å². The molecule has 3 rings (SSSR count). The molecule has 0 aliphatic carbocycles. The summed E-state index contributed by atoms with van der Waals surface area (Å²) in [5, 5.41) is 3.10. The average Bonchev–Trinajstić information content (AvgIpc) is 2.78. The standard InChI is InChI=1S/C20H22BrN5O3/c1-22-20(19(29)26(14-27)13-15-5-3-2-4-6-15)7-9-25(10-8-20)18(28)17-23-11-16(21)12-24-17/h2-6,11-12,14,22H,7-10,13H2,1H3. The highest BCUT2D eigenvalue weighted by atomic mass is 79.9. The summed E-state index contributed by atoms with van der Waals surface area (Å²) in [5.74, 6) is -0.438. The van der Waals surface area contributed by atoms with Gasteiger partial charge in [0.1, 0.15) is 5.54 Å². The highest BCUT2D eigenvalue weighted by Gasteiger charge is 2.43. The van der Waals surface area contributed by atoms with Gasteiger partial charge in [-0.2, -0.15) is 0 Å². The Labute approximate surface area is 177 Å². The topological polar surface area (TPSA) is 95.5 Å². The SMILES string of the molecule is CNC1(C(=O)N(C=O)Cc2ccccc2)CCN(C(=O)c2ncc(Br)cn2)CC1. The van der Waals surface area contributed by atoms with Crippen molar-refractivity contribution in [3.8, 4) is 0 Å². The third-order valence-electron chi connectivity index (χ3n) is 5.19. The third kappa shape index (κ3) is 4.68. The second-order valence-corrected chi connectivity index (χ2v) is 7.79. The number of benzene rings is 1. The number of imide groups is 1. The molecule has 0 spiro atoms. The van der Waals surface area contributed by atoms with Gasteiger partial charge in [-0.3, -0.25) is 19.3 Å². The van der Waals surface area contributed by atoms with Crippen LogP contribution < -0.4 is 5.32 Å². The van der Waals surface area contributed by atoms with Gasteiger partial charge < -0.3 is 10.2 Å². The fraction of sp³-hybridized carbons (Fsp3) is 0.350. The highest BCUT2D eigenvalue weighted by Crippen LogP contribution is 2.26. The van der Waals surface area contributed by atoms with E-state index in [0.717, 1.165) is 5.56 Å². The third-order valence-corrected chi connectivity index (χ3v) is 5.60. The number of piperidine rings is 1. The second kappa shape index (κ2) is 9.23. The van der Waals surface area contributed by atoms with Crippen LogP contribution in [-0.2, 0) is 16.1 Å². The van der Waals surface area contributed by atoms with Crippen molar-refractivity contribution in [1.29, 1.82) is 0 Å². The van der Waals surface area contributed by atoms with Crippen LogP contribution >= 0.6 is 15.9 Å². The van der Waals surface area contributed by atoms with Gasteiger partial charge in [0.05, 0.1) is 11.0 Å². The molecule has 0 saturated carbocycles. The maximum Gasteiger partial charge on any atom is 0.291 e. The first-order chi connectivity index (χ1) is 14.0. The summed E-state index contributed by atoms with van der Waals surface area (Å²) in [7, 11) is 1.71. The molecule has 3 amide bonds. The Morgan fingerprint density at radius 1 is 1.21 bits per heavy atom. The van der Waals surface area contributed by atoms with E-state index < -0.39 is 5.54 Å². The fourth-order valence-corrected chi connectivity index (χ4v) is 3.64. The zero-order valence-corrected chi connectivity index (χ0v) is 17.6. The van der Waals surface area contributed by atoms with E-state index in [1.807, 2.05) is 30.3 Å². The van der Waals surface area contributed by atoms with E-state index in [1.54, 1.807) is 11.9 Å². The van der Waals surface area contributed by atoms with Gasteiger partial charge in [-0.05, 0) is 41.4 Å².